The van der Waals surface area contributed by atoms with E-state index < -0.39 is 8.24 Å². The highest BCUT2D eigenvalue weighted by atomic mass is 28.4. The van der Waals surface area contributed by atoms with E-state index in [4.69, 9.17) is 0 Å². The first-order valence-electron chi connectivity index (χ1n) is 5.94. The largest absolute Gasteiger partial charge is 0.391 e. The minimum Gasteiger partial charge on any atom is -0.391 e. The lowest BCUT2D eigenvalue weighted by Gasteiger charge is -2.34. The van der Waals surface area contributed by atoms with E-state index in [2.05, 4.69) is 61.2 Å². The molecular weight excluding hydrogens is 226 g/mol. The summed E-state index contributed by atoms with van der Waals surface area (Å²) < 4.78 is 2.66. The van der Waals surface area contributed by atoms with Crippen molar-refractivity contribution in [3.63, 3.8) is 0 Å². The maximum absolute atomic E-state index is 2.67. The van der Waals surface area contributed by atoms with Crippen molar-refractivity contribution in [1.29, 1.82) is 0 Å². The van der Waals surface area contributed by atoms with Crippen LogP contribution in [0.2, 0.25) is 26.2 Å². The lowest BCUT2D eigenvalue weighted by molar-refractivity contribution is 0.626. The molecule has 0 radical (unpaired) electrons. The molecule has 1 aliphatic heterocycles. The van der Waals surface area contributed by atoms with Crippen LogP contribution in [-0.2, 0) is 0 Å². The molecule has 0 saturated heterocycles. The topological polar surface area (TPSA) is 3.24 Å². The monoisotopic (exact) mass is 247 g/mol. The molecule has 1 nitrogen and oxygen atoms in total. The van der Waals surface area contributed by atoms with Crippen molar-refractivity contribution in [2.24, 2.45) is 0 Å². The quantitative estimate of drug-likeness (QED) is 0.678. The Balaban J connectivity index is 2.28. The zero-order valence-corrected chi connectivity index (χ0v) is 13.0. The molecule has 1 aliphatic carbocycles. The highest BCUT2D eigenvalue weighted by Gasteiger charge is 2.33. The predicted octanol–water partition coefficient (Wildman–Crippen LogP) is 2.95. The van der Waals surface area contributed by atoms with Crippen LogP contribution in [0.1, 0.15) is 6.92 Å². The molecule has 0 aromatic rings. The van der Waals surface area contributed by atoms with Crippen LogP contribution in [-0.4, -0.2) is 33.0 Å². The molecule has 2 aliphatic rings. The van der Waals surface area contributed by atoms with Crippen LogP contribution < -0.4 is 0 Å². The molecule has 0 saturated carbocycles. The molecule has 86 valence electrons. The Kier molecular flexibility index (Phi) is 2.92. The Morgan fingerprint density at radius 2 is 2.00 bits per heavy atom. The molecule has 2 rings (SSSR count). The van der Waals surface area contributed by atoms with Gasteiger partial charge in [0.15, 0.2) is 8.24 Å². The van der Waals surface area contributed by atoms with Gasteiger partial charge in [0.2, 0.25) is 0 Å². The highest BCUT2D eigenvalue weighted by molar-refractivity contribution is 7.09. The van der Waals surface area contributed by atoms with E-state index in [1.165, 1.54) is 16.8 Å². The molecule has 0 bridgehead atoms. The number of hydrogen-bond donors (Lipinski definition) is 0. The molecule has 0 fully saturated rings. The Hall–Kier alpha value is -0.676. The third-order valence-corrected chi connectivity index (χ3v) is 10.1. The van der Waals surface area contributed by atoms with Crippen molar-refractivity contribution in [2.45, 2.75) is 33.1 Å². The van der Waals surface area contributed by atoms with E-state index in [1.807, 2.05) is 0 Å². The Morgan fingerprint density at radius 3 is 2.62 bits per heavy atom. The number of hydrogen-bond acceptors (Lipinski definition) is 1. The molecular formula is C13H21NSi2. The molecule has 0 aromatic heterocycles. The lowest BCUT2D eigenvalue weighted by atomic mass is 10.3. The van der Waals surface area contributed by atoms with Gasteiger partial charge in [0.05, 0.1) is 0 Å². The van der Waals surface area contributed by atoms with Crippen LogP contribution in [0.25, 0.3) is 0 Å². The molecule has 0 amide bonds. The average molecular weight is 247 g/mol. The van der Waals surface area contributed by atoms with Gasteiger partial charge >= 0.3 is 0 Å². The van der Waals surface area contributed by atoms with Crippen molar-refractivity contribution < 1.29 is 0 Å². The third kappa shape index (κ3) is 2.06. The van der Waals surface area contributed by atoms with Gasteiger partial charge in [0.25, 0.3) is 0 Å². The number of nitrogens with zero attached hydrogens (tertiary/aromatic N) is 1. The number of rotatable bonds is 2. The van der Waals surface area contributed by atoms with Gasteiger partial charge in [0, 0.05) is 12.2 Å². The van der Waals surface area contributed by atoms with Gasteiger partial charge in [0.1, 0.15) is 0 Å². The molecule has 1 heterocycles. The van der Waals surface area contributed by atoms with Gasteiger partial charge in [-0.15, -0.1) is 0 Å². The van der Waals surface area contributed by atoms with Crippen LogP contribution >= 0.6 is 0 Å². The molecule has 16 heavy (non-hydrogen) atoms. The highest BCUT2D eigenvalue weighted by Crippen LogP contribution is 2.34. The van der Waals surface area contributed by atoms with Gasteiger partial charge in [-0.05, 0) is 45.6 Å². The smallest absolute Gasteiger partial charge is 0.170 e. The average Bonchev–Trinajstić information content (AvgIpc) is 2.58. The minimum absolute atomic E-state index is 0.242. The summed E-state index contributed by atoms with van der Waals surface area (Å²) in [5, 5.41) is 2.67. The first-order chi connectivity index (χ1) is 7.40. The summed E-state index contributed by atoms with van der Waals surface area (Å²) in [7, 11) is -1.59. The van der Waals surface area contributed by atoms with E-state index in [-0.39, 0.29) is 8.41 Å². The summed E-state index contributed by atoms with van der Waals surface area (Å²) in [4.78, 5) is 0. The number of fused-ring (bicyclic) bond motifs is 1. The van der Waals surface area contributed by atoms with Crippen molar-refractivity contribution in [1.82, 2.24) is 4.57 Å². The Bertz CT molecular complexity index is 435. The van der Waals surface area contributed by atoms with Crippen LogP contribution in [0.5, 0.6) is 0 Å². The van der Waals surface area contributed by atoms with E-state index >= 15 is 0 Å². The first kappa shape index (κ1) is 11.8. The standard InChI is InChI=1S/C13H21NSi2/c1-11-8-12-6-7-14(13(12)9-11)16(4,5)10-15(2)3/h6,8-10H,7H2,1-5H3. The number of allylic oxidation sites excluding steroid dienone is 3. The van der Waals surface area contributed by atoms with Crippen molar-refractivity contribution >= 4 is 21.9 Å². The summed E-state index contributed by atoms with van der Waals surface area (Å²) in [6, 6.07) is 0. The van der Waals surface area contributed by atoms with E-state index in [1.54, 1.807) is 0 Å². The second kappa shape index (κ2) is 3.97. The second-order valence-electron chi connectivity index (χ2n) is 5.56. The van der Waals surface area contributed by atoms with Gasteiger partial charge < -0.3 is 4.57 Å². The van der Waals surface area contributed by atoms with E-state index in [0.717, 1.165) is 6.54 Å². The maximum atomic E-state index is 2.67. The van der Waals surface area contributed by atoms with Crippen molar-refractivity contribution in [2.75, 3.05) is 6.54 Å². The fourth-order valence-electron chi connectivity index (χ4n) is 2.68. The van der Waals surface area contributed by atoms with Crippen LogP contribution in [0.3, 0.4) is 0 Å². The third-order valence-electron chi connectivity index (χ3n) is 3.17. The van der Waals surface area contributed by atoms with Gasteiger partial charge in [-0.2, -0.15) is 0 Å². The molecule has 0 atom stereocenters. The summed E-state index contributed by atoms with van der Waals surface area (Å²) in [5.41, 5.74) is 4.33. The van der Waals surface area contributed by atoms with Gasteiger partial charge in [-0.1, -0.05) is 30.5 Å². The normalized spacial score (nSPS) is 19.1. The summed E-state index contributed by atoms with van der Waals surface area (Å²) in [6.45, 7) is 13.0. The zero-order chi connectivity index (χ0) is 11.9. The summed E-state index contributed by atoms with van der Waals surface area (Å²) in [5.74, 6) is 0. The molecule has 0 N–H and O–H groups in total. The second-order valence-corrected chi connectivity index (χ2v) is 12.7. The van der Waals surface area contributed by atoms with E-state index in [9.17, 15) is 0 Å². The molecule has 0 unspecified atom stereocenters. The van der Waals surface area contributed by atoms with Gasteiger partial charge in [-0.3, -0.25) is 0 Å². The van der Waals surface area contributed by atoms with Crippen LogP contribution in [0.4, 0.5) is 0 Å². The van der Waals surface area contributed by atoms with Gasteiger partial charge in [-0.25, -0.2) is 0 Å². The molecule has 3 heteroatoms. The van der Waals surface area contributed by atoms with Crippen molar-refractivity contribution in [3.8, 4) is 0 Å². The minimum atomic E-state index is -1.35. The zero-order valence-electron chi connectivity index (χ0n) is 11.0. The fraction of sp³-hybridized carbons (Fsp3) is 0.462. The fourth-order valence-corrected chi connectivity index (χ4v) is 10.3. The van der Waals surface area contributed by atoms with Crippen molar-refractivity contribution in [3.05, 3.63) is 35.1 Å². The summed E-state index contributed by atoms with van der Waals surface area (Å²) >= 11 is 0. The Morgan fingerprint density at radius 1 is 1.31 bits per heavy atom. The molecule has 0 aromatic carbocycles. The van der Waals surface area contributed by atoms with Crippen LogP contribution in [0, 0.1) is 0 Å². The first-order valence-corrected chi connectivity index (χ1v) is 11.5. The van der Waals surface area contributed by atoms with Crippen LogP contribution in [0.15, 0.2) is 35.1 Å². The predicted molar refractivity (Wildman–Crippen MR) is 77.7 cm³/mol. The SMILES string of the molecule is CC1=CC2=CCN([Si](C)(C)C=[Si](C)C)C2=C1. The molecule has 0 spiro atoms. The van der Waals surface area contributed by atoms with E-state index in [0.29, 0.717) is 0 Å². The maximum Gasteiger partial charge on any atom is 0.170 e. The summed E-state index contributed by atoms with van der Waals surface area (Å²) in [6.07, 6.45) is 7.03. The Labute approximate surface area is 101 Å². The lowest BCUT2D eigenvalue weighted by Crippen LogP contribution is -2.49.